The van der Waals surface area contributed by atoms with Gasteiger partial charge in [0.15, 0.2) is 17.4 Å². The van der Waals surface area contributed by atoms with Gasteiger partial charge in [-0.2, -0.15) is 0 Å². The zero-order valence-electron chi connectivity index (χ0n) is 23.8. The number of hydrogen-bond donors (Lipinski definition) is 2. The molecule has 0 aliphatic heterocycles. The van der Waals surface area contributed by atoms with Crippen LogP contribution < -0.4 is 10.6 Å². The largest absolute Gasteiger partial charge is 0.444 e. The molecule has 2 aromatic heterocycles. The number of pyridine rings is 1. The smallest absolute Gasteiger partial charge is 0.412 e. The van der Waals surface area contributed by atoms with E-state index in [1.165, 1.54) is 23.6 Å². The predicted molar refractivity (Wildman–Crippen MR) is 155 cm³/mol. The monoisotopic (exact) mass is 587 g/mol. The molecule has 0 atom stereocenters. The molecule has 220 valence electrons. The SMILES string of the molecule is CN(C)CCCN(Cc1ccc(C(=O)Cc2cscc2NC(=O)OC(C)(C)C)nc1)C(=O)Nc1ccc(F)c(F)c1. The maximum Gasteiger partial charge on any atom is 0.412 e. The molecule has 0 unspecified atom stereocenters. The lowest BCUT2D eigenvalue weighted by Gasteiger charge is -2.24. The fourth-order valence-electron chi connectivity index (χ4n) is 3.76. The summed E-state index contributed by atoms with van der Waals surface area (Å²) in [4.78, 5) is 45.9. The van der Waals surface area contributed by atoms with E-state index in [0.717, 1.165) is 18.7 Å². The van der Waals surface area contributed by atoms with Crippen LogP contribution in [0.1, 0.15) is 48.8 Å². The summed E-state index contributed by atoms with van der Waals surface area (Å²) in [7, 11) is 3.86. The standard InChI is InChI=1S/C29H35F2N5O4S/c1-29(2,3)40-28(39)34-25-18-41-17-20(25)13-26(37)24-10-7-19(15-32-24)16-36(12-6-11-35(4)5)27(38)33-21-8-9-22(30)23(31)14-21/h7-10,14-15,17-18H,6,11-13,16H2,1-5H3,(H,33,38)(H,34,39). The highest BCUT2D eigenvalue weighted by atomic mass is 32.1. The van der Waals surface area contributed by atoms with Crippen molar-refractivity contribution in [2.45, 2.75) is 45.8 Å². The number of anilines is 2. The highest BCUT2D eigenvalue weighted by molar-refractivity contribution is 7.08. The summed E-state index contributed by atoms with van der Waals surface area (Å²) in [5.74, 6) is -2.29. The number of carbonyl (C=O) groups is 3. The van der Waals surface area contributed by atoms with E-state index < -0.39 is 29.4 Å². The van der Waals surface area contributed by atoms with Crippen LogP contribution in [0.5, 0.6) is 0 Å². The van der Waals surface area contributed by atoms with Gasteiger partial charge in [-0.15, -0.1) is 11.3 Å². The number of thiophene rings is 1. The van der Waals surface area contributed by atoms with Crippen molar-refractivity contribution in [2.24, 2.45) is 0 Å². The summed E-state index contributed by atoms with van der Waals surface area (Å²) < 4.78 is 32.2. The molecule has 0 saturated heterocycles. The van der Waals surface area contributed by atoms with Crippen LogP contribution in [0.4, 0.5) is 29.7 Å². The van der Waals surface area contributed by atoms with Crippen LogP contribution in [0.2, 0.25) is 0 Å². The first-order chi connectivity index (χ1) is 19.3. The Morgan fingerprint density at radius 3 is 2.39 bits per heavy atom. The van der Waals surface area contributed by atoms with Gasteiger partial charge in [0, 0.05) is 42.8 Å². The van der Waals surface area contributed by atoms with E-state index in [4.69, 9.17) is 4.74 Å². The number of aromatic nitrogens is 1. The second kappa shape index (κ2) is 14.1. The van der Waals surface area contributed by atoms with Gasteiger partial charge >= 0.3 is 12.1 Å². The molecule has 0 aliphatic carbocycles. The molecule has 0 bridgehead atoms. The minimum atomic E-state index is -1.05. The summed E-state index contributed by atoms with van der Waals surface area (Å²) in [5.41, 5.74) is 1.58. The number of halogens is 2. The number of hydrogen-bond acceptors (Lipinski definition) is 7. The molecule has 0 fully saturated rings. The zero-order valence-corrected chi connectivity index (χ0v) is 24.6. The number of ether oxygens (including phenoxy) is 1. The Kier molecular flexibility index (Phi) is 10.9. The number of nitrogens with one attached hydrogen (secondary N) is 2. The summed E-state index contributed by atoms with van der Waals surface area (Å²) in [5, 5.41) is 8.81. The molecule has 3 aromatic rings. The summed E-state index contributed by atoms with van der Waals surface area (Å²) >= 11 is 1.36. The third-order valence-electron chi connectivity index (χ3n) is 5.70. The van der Waals surface area contributed by atoms with Gasteiger partial charge in [0.2, 0.25) is 0 Å². The molecule has 3 rings (SSSR count). The van der Waals surface area contributed by atoms with E-state index in [1.807, 2.05) is 19.0 Å². The van der Waals surface area contributed by atoms with Crippen LogP contribution in [0, 0.1) is 11.6 Å². The second-order valence-corrected chi connectivity index (χ2v) is 11.5. The van der Waals surface area contributed by atoms with Gasteiger partial charge in [0.05, 0.1) is 5.69 Å². The van der Waals surface area contributed by atoms with Crippen molar-refractivity contribution in [3.8, 4) is 0 Å². The topological polar surface area (TPSA) is 104 Å². The van der Waals surface area contributed by atoms with Crippen molar-refractivity contribution in [2.75, 3.05) is 37.8 Å². The number of ketones is 1. The van der Waals surface area contributed by atoms with Gasteiger partial charge in [-0.1, -0.05) is 6.07 Å². The van der Waals surface area contributed by atoms with Crippen molar-refractivity contribution in [1.82, 2.24) is 14.8 Å². The number of urea groups is 1. The third kappa shape index (κ3) is 10.2. The normalized spacial score (nSPS) is 11.3. The Morgan fingerprint density at radius 1 is 1.00 bits per heavy atom. The van der Waals surface area contributed by atoms with Gasteiger partial charge in [-0.3, -0.25) is 15.1 Å². The van der Waals surface area contributed by atoms with E-state index in [1.54, 1.807) is 48.6 Å². The van der Waals surface area contributed by atoms with Gasteiger partial charge in [0.1, 0.15) is 11.3 Å². The minimum absolute atomic E-state index is 0.0360. The molecule has 3 amide bonds. The second-order valence-electron chi connectivity index (χ2n) is 10.7. The Balaban J connectivity index is 1.65. The van der Waals surface area contributed by atoms with E-state index in [-0.39, 0.29) is 30.1 Å². The first-order valence-corrected chi connectivity index (χ1v) is 13.9. The van der Waals surface area contributed by atoms with Crippen LogP contribution in [0.15, 0.2) is 47.3 Å². The molecular weight excluding hydrogens is 552 g/mol. The number of amides is 3. The molecule has 0 aliphatic rings. The van der Waals surface area contributed by atoms with E-state index in [9.17, 15) is 23.2 Å². The van der Waals surface area contributed by atoms with Crippen LogP contribution in [-0.4, -0.2) is 65.5 Å². The van der Waals surface area contributed by atoms with Crippen molar-refractivity contribution in [3.05, 3.63) is 75.7 Å². The summed E-state index contributed by atoms with van der Waals surface area (Å²) in [6.45, 7) is 6.64. The fraction of sp³-hybridized carbons (Fsp3) is 0.379. The number of rotatable bonds is 11. The molecule has 0 radical (unpaired) electrons. The molecule has 41 heavy (non-hydrogen) atoms. The quantitative estimate of drug-likeness (QED) is 0.260. The first-order valence-electron chi connectivity index (χ1n) is 13.0. The van der Waals surface area contributed by atoms with Gasteiger partial charge in [-0.25, -0.2) is 18.4 Å². The molecule has 2 N–H and O–H groups in total. The molecule has 0 spiro atoms. The van der Waals surface area contributed by atoms with E-state index in [0.29, 0.717) is 29.8 Å². The van der Waals surface area contributed by atoms with Gasteiger partial charge < -0.3 is 19.9 Å². The fourth-order valence-corrected chi connectivity index (χ4v) is 4.55. The number of carbonyl (C=O) groups excluding carboxylic acids is 3. The summed E-state index contributed by atoms with van der Waals surface area (Å²) in [6, 6.07) is 6.01. The lowest BCUT2D eigenvalue weighted by Crippen LogP contribution is -2.36. The molecule has 12 heteroatoms. The Bertz CT molecular complexity index is 1360. The van der Waals surface area contributed by atoms with Gasteiger partial charge in [-0.05, 0) is 82.5 Å². The van der Waals surface area contributed by atoms with Crippen molar-refractivity contribution in [3.63, 3.8) is 0 Å². The van der Waals surface area contributed by atoms with E-state index in [2.05, 4.69) is 15.6 Å². The van der Waals surface area contributed by atoms with Crippen LogP contribution in [0.25, 0.3) is 0 Å². The Morgan fingerprint density at radius 2 is 1.76 bits per heavy atom. The zero-order chi connectivity index (χ0) is 30.2. The molecule has 0 saturated carbocycles. The van der Waals surface area contributed by atoms with Crippen LogP contribution in [-0.2, 0) is 17.7 Å². The highest BCUT2D eigenvalue weighted by Gasteiger charge is 2.20. The van der Waals surface area contributed by atoms with Gasteiger partial charge in [0.25, 0.3) is 0 Å². The Labute approximate surface area is 242 Å². The molecule has 2 heterocycles. The van der Waals surface area contributed by atoms with Crippen LogP contribution in [0.3, 0.4) is 0 Å². The van der Waals surface area contributed by atoms with E-state index >= 15 is 0 Å². The Hall–Kier alpha value is -3.90. The third-order valence-corrected chi connectivity index (χ3v) is 6.50. The maximum absolute atomic E-state index is 13.6. The first kappa shape index (κ1) is 31.6. The highest BCUT2D eigenvalue weighted by Crippen LogP contribution is 2.24. The van der Waals surface area contributed by atoms with Crippen molar-refractivity contribution in [1.29, 1.82) is 0 Å². The maximum atomic E-state index is 13.6. The lowest BCUT2D eigenvalue weighted by molar-refractivity contribution is 0.0635. The summed E-state index contributed by atoms with van der Waals surface area (Å²) in [6.07, 6.45) is 1.65. The molecule has 9 nitrogen and oxygen atoms in total. The predicted octanol–water partition coefficient (Wildman–Crippen LogP) is 6.18. The molecule has 1 aromatic carbocycles. The van der Waals surface area contributed by atoms with Crippen molar-refractivity contribution >= 4 is 40.6 Å². The lowest BCUT2D eigenvalue weighted by atomic mass is 10.1. The number of benzene rings is 1. The molecular formula is C29H35F2N5O4S. The average Bonchev–Trinajstić information content (AvgIpc) is 3.30. The number of Topliss-reactive ketones (excluding diaryl/α,β-unsaturated/α-hetero) is 1. The minimum Gasteiger partial charge on any atom is -0.444 e. The van der Waals surface area contributed by atoms with Crippen molar-refractivity contribution < 1.29 is 27.9 Å². The number of nitrogens with zero attached hydrogens (tertiary/aromatic N) is 3. The average molecular weight is 588 g/mol. The van der Waals surface area contributed by atoms with Crippen LogP contribution >= 0.6 is 11.3 Å².